The molecule has 0 aliphatic rings. The number of rotatable bonds is 6. The van der Waals surface area contributed by atoms with E-state index in [1.54, 1.807) is 21.0 Å². The summed E-state index contributed by atoms with van der Waals surface area (Å²) in [4.78, 5) is 25.2. The van der Waals surface area contributed by atoms with Gasteiger partial charge in [-0.15, -0.1) is 0 Å². The summed E-state index contributed by atoms with van der Waals surface area (Å²) in [5.74, 6) is 0.451. The lowest BCUT2D eigenvalue weighted by Crippen LogP contribution is -2.48. The molecule has 1 aromatic carbocycles. The average molecular weight is 293 g/mol. The number of likely N-dealkylation sites (N-methyl/N-ethyl adjacent to an activating group) is 1. The third-order valence-corrected chi connectivity index (χ3v) is 3.18. The van der Waals surface area contributed by atoms with Crippen molar-refractivity contribution >= 4 is 11.9 Å². The molecule has 0 aliphatic heterocycles. The van der Waals surface area contributed by atoms with Crippen LogP contribution in [0.1, 0.15) is 19.4 Å². The van der Waals surface area contributed by atoms with Gasteiger partial charge in [0.2, 0.25) is 5.91 Å². The molecular weight excluding hydrogens is 270 g/mol. The third-order valence-electron chi connectivity index (χ3n) is 3.18. The normalized spacial score (nSPS) is 11.9. The number of carbonyl (C=O) groups excluding carboxylic acids is 2. The average Bonchev–Trinajstić information content (AvgIpc) is 2.46. The minimum Gasteiger partial charge on any atom is -0.497 e. The van der Waals surface area contributed by atoms with Gasteiger partial charge < -0.3 is 10.1 Å². The quantitative estimate of drug-likeness (QED) is 0.831. The Balaban J connectivity index is 2.58. The Bertz CT molecular complexity index is 491. The maximum Gasteiger partial charge on any atom is 0.321 e. The molecule has 0 saturated carbocycles. The van der Waals surface area contributed by atoms with Gasteiger partial charge in [0, 0.05) is 13.1 Å². The number of nitrogens with zero attached hydrogens (tertiary/aromatic N) is 1. The van der Waals surface area contributed by atoms with Crippen LogP contribution in [0, 0.1) is 0 Å². The van der Waals surface area contributed by atoms with Crippen LogP contribution in [0.4, 0.5) is 4.79 Å². The number of methoxy groups -OCH3 is 1. The summed E-state index contributed by atoms with van der Waals surface area (Å²) < 4.78 is 5.17. The lowest BCUT2D eigenvalue weighted by molar-refractivity contribution is -0.124. The van der Waals surface area contributed by atoms with Gasteiger partial charge in [-0.05, 0) is 38.6 Å². The van der Waals surface area contributed by atoms with Crippen LogP contribution < -0.4 is 15.4 Å². The van der Waals surface area contributed by atoms with Gasteiger partial charge >= 0.3 is 6.03 Å². The number of imide groups is 1. The SMILES string of the molecule is CCNC(=O)NC(=O)C(C)N(C)Cc1cccc(OC)c1. The number of ether oxygens (including phenoxy) is 1. The van der Waals surface area contributed by atoms with Crippen LogP contribution in [0.2, 0.25) is 0 Å². The Hall–Kier alpha value is -2.08. The second-order valence-corrected chi connectivity index (χ2v) is 4.79. The fraction of sp³-hybridized carbons (Fsp3) is 0.467. The zero-order valence-electron chi connectivity index (χ0n) is 13.0. The fourth-order valence-electron chi connectivity index (χ4n) is 1.82. The van der Waals surface area contributed by atoms with E-state index >= 15 is 0 Å². The van der Waals surface area contributed by atoms with Crippen molar-refractivity contribution in [1.29, 1.82) is 0 Å². The molecule has 3 amide bonds. The number of nitrogens with one attached hydrogen (secondary N) is 2. The Morgan fingerprint density at radius 3 is 2.71 bits per heavy atom. The van der Waals surface area contributed by atoms with E-state index in [-0.39, 0.29) is 5.91 Å². The van der Waals surface area contributed by atoms with Crippen molar-refractivity contribution in [2.75, 3.05) is 20.7 Å². The van der Waals surface area contributed by atoms with E-state index in [2.05, 4.69) is 10.6 Å². The van der Waals surface area contributed by atoms with E-state index in [4.69, 9.17) is 4.74 Å². The number of amides is 3. The van der Waals surface area contributed by atoms with Gasteiger partial charge in [-0.1, -0.05) is 12.1 Å². The van der Waals surface area contributed by atoms with Crippen molar-refractivity contribution < 1.29 is 14.3 Å². The van der Waals surface area contributed by atoms with Gasteiger partial charge in [0.25, 0.3) is 0 Å². The molecule has 1 aromatic rings. The molecule has 0 aromatic heterocycles. The summed E-state index contributed by atoms with van der Waals surface area (Å²) in [5.41, 5.74) is 1.04. The smallest absolute Gasteiger partial charge is 0.321 e. The summed E-state index contributed by atoms with van der Waals surface area (Å²) in [7, 11) is 3.45. The maximum atomic E-state index is 11.9. The number of benzene rings is 1. The first-order valence-electron chi connectivity index (χ1n) is 6.89. The number of hydrogen-bond acceptors (Lipinski definition) is 4. The lowest BCUT2D eigenvalue weighted by Gasteiger charge is -2.23. The topological polar surface area (TPSA) is 70.7 Å². The van der Waals surface area contributed by atoms with Crippen molar-refractivity contribution in [2.45, 2.75) is 26.4 Å². The Morgan fingerprint density at radius 2 is 2.10 bits per heavy atom. The van der Waals surface area contributed by atoms with Crippen LogP contribution in [-0.2, 0) is 11.3 Å². The van der Waals surface area contributed by atoms with Crippen LogP contribution in [0.5, 0.6) is 5.75 Å². The predicted molar refractivity (Wildman–Crippen MR) is 81.1 cm³/mol. The molecule has 0 bridgehead atoms. The molecule has 0 radical (unpaired) electrons. The predicted octanol–water partition coefficient (Wildman–Crippen LogP) is 1.36. The minimum absolute atomic E-state index is 0.327. The van der Waals surface area contributed by atoms with Crippen LogP contribution in [-0.4, -0.2) is 43.6 Å². The molecule has 2 N–H and O–H groups in total. The molecule has 1 atom stereocenters. The minimum atomic E-state index is -0.468. The van der Waals surface area contributed by atoms with E-state index in [1.807, 2.05) is 36.2 Å². The number of urea groups is 1. The first kappa shape index (κ1) is 17.0. The van der Waals surface area contributed by atoms with Crippen LogP contribution in [0.25, 0.3) is 0 Å². The van der Waals surface area contributed by atoms with E-state index in [1.165, 1.54) is 0 Å². The molecule has 6 nitrogen and oxygen atoms in total. The van der Waals surface area contributed by atoms with Crippen molar-refractivity contribution in [3.63, 3.8) is 0 Å². The molecule has 1 unspecified atom stereocenters. The van der Waals surface area contributed by atoms with Crippen molar-refractivity contribution in [1.82, 2.24) is 15.5 Å². The molecule has 6 heteroatoms. The third kappa shape index (κ3) is 5.43. The van der Waals surface area contributed by atoms with Gasteiger partial charge in [0.05, 0.1) is 13.2 Å². The molecular formula is C15H23N3O3. The van der Waals surface area contributed by atoms with E-state index in [0.717, 1.165) is 11.3 Å². The van der Waals surface area contributed by atoms with Gasteiger partial charge in [-0.2, -0.15) is 0 Å². The van der Waals surface area contributed by atoms with Gasteiger partial charge in [0.15, 0.2) is 0 Å². The van der Waals surface area contributed by atoms with Gasteiger partial charge in [-0.25, -0.2) is 4.79 Å². The first-order chi connectivity index (χ1) is 9.97. The monoisotopic (exact) mass is 293 g/mol. The molecule has 0 fully saturated rings. The zero-order chi connectivity index (χ0) is 15.8. The van der Waals surface area contributed by atoms with Crippen molar-refractivity contribution in [2.24, 2.45) is 0 Å². The zero-order valence-corrected chi connectivity index (χ0v) is 13.0. The highest BCUT2D eigenvalue weighted by molar-refractivity contribution is 5.96. The van der Waals surface area contributed by atoms with Crippen molar-refractivity contribution in [3.8, 4) is 5.75 Å². The largest absolute Gasteiger partial charge is 0.497 e. The summed E-state index contributed by atoms with van der Waals surface area (Å²) in [6.45, 7) is 4.62. The number of hydrogen-bond donors (Lipinski definition) is 2. The molecule has 0 saturated heterocycles. The van der Waals surface area contributed by atoms with Crippen LogP contribution in [0.3, 0.4) is 0 Å². The second kappa shape index (κ2) is 8.26. The Kier molecular flexibility index (Phi) is 6.68. The van der Waals surface area contributed by atoms with E-state index in [0.29, 0.717) is 13.1 Å². The molecule has 21 heavy (non-hydrogen) atoms. The number of carbonyl (C=O) groups is 2. The standard InChI is InChI=1S/C15H23N3O3/c1-5-16-15(20)17-14(19)11(2)18(3)10-12-7-6-8-13(9-12)21-4/h6-9,11H,5,10H2,1-4H3,(H2,16,17,19,20). The van der Waals surface area contributed by atoms with Crippen molar-refractivity contribution in [3.05, 3.63) is 29.8 Å². The maximum absolute atomic E-state index is 11.9. The van der Waals surface area contributed by atoms with Gasteiger partial charge in [0.1, 0.15) is 5.75 Å². The molecule has 0 spiro atoms. The van der Waals surface area contributed by atoms with Crippen LogP contribution >= 0.6 is 0 Å². The van der Waals surface area contributed by atoms with E-state index in [9.17, 15) is 9.59 Å². The van der Waals surface area contributed by atoms with Crippen LogP contribution in [0.15, 0.2) is 24.3 Å². The molecule has 116 valence electrons. The second-order valence-electron chi connectivity index (χ2n) is 4.79. The molecule has 0 aliphatic carbocycles. The lowest BCUT2D eigenvalue weighted by atomic mass is 10.2. The first-order valence-corrected chi connectivity index (χ1v) is 6.89. The highest BCUT2D eigenvalue weighted by Gasteiger charge is 2.20. The summed E-state index contributed by atoms with van der Waals surface area (Å²) in [6.07, 6.45) is 0. The molecule has 1 rings (SSSR count). The summed E-state index contributed by atoms with van der Waals surface area (Å²) in [6, 6.07) is 6.78. The highest BCUT2D eigenvalue weighted by atomic mass is 16.5. The summed E-state index contributed by atoms with van der Waals surface area (Å²) in [5, 5.41) is 4.84. The van der Waals surface area contributed by atoms with E-state index < -0.39 is 12.1 Å². The summed E-state index contributed by atoms with van der Waals surface area (Å²) >= 11 is 0. The fourth-order valence-corrected chi connectivity index (χ4v) is 1.82. The Morgan fingerprint density at radius 1 is 1.38 bits per heavy atom. The molecule has 0 heterocycles. The Labute approximate surface area is 125 Å². The van der Waals surface area contributed by atoms with Gasteiger partial charge in [-0.3, -0.25) is 15.0 Å². The highest BCUT2D eigenvalue weighted by Crippen LogP contribution is 2.14.